The quantitative estimate of drug-likeness (QED) is 0.412. The maximum atomic E-state index is 4.08. The average Bonchev–Trinajstić information content (AvgIpc) is 2.45. The van der Waals surface area contributed by atoms with Gasteiger partial charge >= 0.3 is 0 Å². The van der Waals surface area contributed by atoms with Gasteiger partial charge in [-0.1, -0.05) is 19.1 Å². The minimum atomic E-state index is 0.898. The van der Waals surface area contributed by atoms with E-state index in [1.54, 1.807) is 5.57 Å². The summed E-state index contributed by atoms with van der Waals surface area (Å²) < 4.78 is 0. The van der Waals surface area contributed by atoms with Crippen LogP contribution in [0.3, 0.4) is 0 Å². The van der Waals surface area contributed by atoms with Crippen LogP contribution in [-0.2, 0) is 0 Å². The molecule has 4 saturated carbocycles. The number of allylic oxidation sites excluding steroid dienone is 1. The summed E-state index contributed by atoms with van der Waals surface area (Å²) in [6.45, 7) is 6.42. The molecular formula is C8H10. The second-order valence-electron chi connectivity index (χ2n) is 3.62. The molecule has 0 amide bonds. The first-order chi connectivity index (χ1) is 3.82. The van der Waals surface area contributed by atoms with E-state index in [4.69, 9.17) is 0 Å². The molecule has 0 aromatic carbocycles. The average molecular weight is 106 g/mol. The van der Waals surface area contributed by atoms with Crippen LogP contribution < -0.4 is 0 Å². The topological polar surface area (TPSA) is 0 Å². The van der Waals surface area contributed by atoms with Crippen LogP contribution in [0.25, 0.3) is 0 Å². The molecule has 4 fully saturated rings. The van der Waals surface area contributed by atoms with E-state index in [1.165, 1.54) is 0 Å². The van der Waals surface area contributed by atoms with Crippen molar-refractivity contribution < 1.29 is 0 Å². The molecule has 42 valence electrons. The van der Waals surface area contributed by atoms with E-state index < -0.39 is 0 Å². The molecule has 4 aliphatic carbocycles. The van der Waals surface area contributed by atoms with E-state index in [1.807, 2.05) is 0 Å². The third kappa shape index (κ3) is 0.168. The normalized spacial score (nSPS) is 72.6. The highest BCUT2D eigenvalue weighted by Gasteiger charge is 2.80. The molecule has 0 aromatic rings. The molecular weight excluding hydrogens is 96.1 g/mol. The monoisotopic (exact) mass is 106 g/mol. The molecule has 0 heteroatoms. The van der Waals surface area contributed by atoms with Gasteiger partial charge in [0.05, 0.1) is 0 Å². The molecule has 4 aliphatic rings. The Morgan fingerprint density at radius 2 is 1.88 bits per heavy atom. The van der Waals surface area contributed by atoms with Crippen molar-refractivity contribution in [1.29, 1.82) is 0 Å². The zero-order valence-electron chi connectivity index (χ0n) is 5.09. The first kappa shape index (κ1) is 3.71. The Labute approximate surface area is 49.6 Å². The molecule has 0 saturated heterocycles. The van der Waals surface area contributed by atoms with E-state index in [0.29, 0.717) is 0 Å². The summed E-state index contributed by atoms with van der Waals surface area (Å²) in [4.78, 5) is 0. The molecule has 5 atom stereocenters. The highest BCUT2D eigenvalue weighted by molar-refractivity contribution is 5.41. The van der Waals surface area contributed by atoms with Crippen molar-refractivity contribution >= 4 is 0 Å². The summed E-state index contributed by atoms with van der Waals surface area (Å²) in [5, 5.41) is 0. The largest absolute Gasteiger partial charge is 0.0993 e. The fourth-order valence-corrected chi connectivity index (χ4v) is 2.79. The zero-order valence-corrected chi connectivity index (χ0v) is 5.09. The molecule has 0 aliphatic heterocycles. The molecule has 0 nitrogen and oxygen atoms in total. The number of rotatable bonds is 0. The van der Waals surface area contributed by atoms with Gasteiger partial charge in [-0.05, 0) is 29.6 Å². The predicted molar refractivity (Wildman–Crippen MR) is 32.3 cm³/mol. The Hall–Kier alpha value is -0.260. The summed E-state index contributed by atoms with van der Waals surface area (Å²) in [6.07, 6.45) is 0. The summed E-state index contributed by atoms with van der Waals surface area (Å²) in [7, 11) is 0. The van der Waals surface area contributed by atoms with Gasteiger partial charge in [-0.15, -0.1) is 0 Å². The number of fused-ring (bicyclic) bond motifs is 1. The third-order valence-corrected chi connectivity index (χ3v) is 3.47. The van der Waals surface area contributed by atoms with Crippen LogP contribution in [0, 0.1) is 29.6 Å². The molecule has 0 heterocycles. The fraction of sp³-hybridized carbons (Fsp3) is 0.750. The van der Waals surface area contributed by atoms with Crippen LogP contribution in [0.1, 0.15) is 6.92 Å². The smallest absolute Gasteiger partial charge is 0.0135 e. The molecule has 0 spiro atoms. The minimum absolute atomic E-state index is 0.898. The lowest BCUT2D eigenvalue weighted by Gasteiger charge is -1.97. The first-order valence-corrected chi connectivity index (χ1v) is 3.51. The van der Waals surface area contributed by atoms with Gasteiger partial charge in [0.15, 0.2) is 0 Å². The Kier molecular flexibility index (Phi) is 0.327. The van der Waals surface area contributed by atoms with Crippen LogP contribution in [0.5, 0.6) is 0 Å². The Balaban J connectivity index is 2.13. The SMILES string of the molecule is C=C1C(C)C2C3C1[C@@H]23. The first-order valence-electron chi connectivity index (χ1n) is 3.51. The lowest BCUT2D eigenvalue weighted by molar-refractivity contribution is 0.565. The molecule has 0 N–H and O–H groups in total. The predicted octanol–water partition coefficient (Wildman–Crippen LogP) is 1.68. The van der Waals surface area contributed by atoms with Crippen LogP contribution >= 0.6 is 0 Å². The fourth-order valence-electron chi connectivity index (χ4n) is 2.79. The Morgan fingerprint density at radius 1 is 1.25 bits per heavy atom. The molecule has 0 aromatic heterocycles. The van der Waals surface area contributed by atoms with Gasteiger partial charge in [-0.2, -0.15) is 0 Å². The van der Waals surface area contributed by atoms with Crippen molar-refractivity contribution in [3.05, 3.63) is 12.2 Å². The summed E-state index contributed by atoms with van der Waals surface area (Å²) >= 11 is 0. The van der Waals surface area contributed by atoms with E-state index in [9.17, 15) is 0 Å². The maximum absolute atomic E-state index is 4.08. The van der Waals surface area contributed by atoms with Crippen LogP contribution in [0.15, 0.2) is 12.2 Å². The van der Waals surface area contributed by atoms with Gasteiger partial charge in [0.25, 0.3) is 0 Å². The molecule has 2 bridgehead atoms. The van der Waals surface area contributed by atoms with Gasteiger partial charge in [0.1, 0.15) is 0 Å². The van der Waals surface area contributed by atoms with Gasteiger partial charge in [-0.3, -0.25) is 0 Å². The van der Waals surface area contributed by atoms with Gasteiger partial charge in [0, 0.05) is 0 Å². The lowest BCUT2D eigenvalue weighted by atomic mass is 10.1. The summed E-state index contributed by atoms with van der Waals surface area (Å²) in [6, 6.07) is 0. The summed E-state index contributed by atoms with van der Waals surface area (Å²) in [5.74, 6) is 5.34. The van der Waals surface area contributed by atoms with Crippen LogP contribution in [0.4, 0.5) is 0 Å². The van der Waals surface area contributed by atoms with Crippen molar-refractivity contribution in [3.63, 3.8) is 0 Å². The van der Waals surface area contributed by atoms with Crippen molar-refractivity contribution in [3.8, 4) is 0 Å². The Morgan fingerprint density at radius 3 is 2.00 bits per heavy atom. The van der Waals surface area contributed by atoms with E-state index in [2.05, 4.69) is 13.5 Å². The number of hydrogen-bond donors (Lipinski definition) is 0. The standard InChI is InChI=1S/C8H10/c1-3-4(2)6-7-5(3)8(6)7/h4-8H,1H2,2H3/t4?,5?,6?,7-,8?/m0/s1. The van der Waals surface area contributed by atoms with Crippen LogP contribution in [0.2, 0.25) is 0 Å². The highest BCUT2D eigenvalue weighted by atomic mass is 14.8. The number of hydrogen-bond acceptors (Lipinski definition) is 0. The minimum Gasteiger partial charge on any atom is -0.0993 e. The molecule has 0 radical (unpaired) electrons. The van der Waals surface area contributed by atoms with Gasteiger partial charge in [0.2, 0.25) is 0 Å². The van der Waals surface area contributed by atoms with Gasteiger partial charge < -0.3 is 0 Å². The van der Waals surface area contributed by atoms with Crippen molar-refractivity contribution in [1.82, 2.24) is 0 Å². The molecule has 4 rings (SSSR count). The Bertz CT molecular complexity index is 170. The lowest BCUT2D eigenvalue weighted by Crippen LogP contribution is -1.89. The zero-order chi connectivity index (χ0) is 5.46. The van der Waals surface area contributed by atoms with Crippen molar-refractivity contribution in [2.75, 3.05) is 0 Å². The van der Waals surface area contributed by atoms with E-state index >= 15 is 0 Å². The third-order valence-electron chi connectivity index (χ3n) is 3.47. The van der Waals surface area contributed by atoms with Crippen LogP contribution in [-0.4, -0.2) is 0 Å². The second kappa shape index (κ2) is 0.706. The van der Waals surface area contributed by atoms with E-state index in [-0.39, 0.29) is 0 Å². The molecule has 8 heavy (non-hydrogen) atoms. The highest BCUT2D eigenvalue weighted by Crippen LogP contribution is 2.85. The van der Waals surface area contributed by atoms with Crippen molar-refractivity contribution in [2.45, 2.75) is 6.92 Å². The van der Waals surface area contributed by atoms with Crippen molar-refractivity contribution in [2.24, 2.45) is 29.6 Å². The van der Waals surface area contributed by atoms with Gasteiger partial charge in [-0.25, -0.2) is 0 Å². The maximum Gasteiger partial charge on any atom is -0.0135 e. The second-order valence-corrected chi connectivity index (χ2v) is 3.62. The van der Waals surface area contributed by atoms with E-state index in [0.717, 1.165) is 29.6 Å². The summed E-state index contributed by atoms with van der Waals surface area (Å²) in [5.41, 5.74) is 1.57. The molecule has 4 unspecified atom stereocenters.